The van der Waals surface area contributed by atoms with Gasteiger partial charge in [0, 0.05) is 0 Å². The van der Waals surface area contributed by atoms with E-state index < -0.39 is 0 Å². The lowest BCUT2D eigenvalue weighted by atomic mass is 9.98. The van der Waals surface area contributed by atoms with Crippen LogP contribution in [0, 0.1) is 5.92 Å². The molecule has 0 fully saturated rings. The van der Waals surface area contributed by atoms with E-state index in [1.54, 1.807) is 0 Å². The Morgan fingerprint density at radius 2 is 2.33 bits per heavy atom. The van der Waals surface area contributed by atoms with Crippen LogP contribution in [0.25, 0.3) is 0 Å². The van der Waals surface area contributed by atoms with Gasteiger partial charge in [-0.15, -0.1) is 0 Å². The smallest absolute Gasteiger partial charge is 0.00715 e. The van der Waals surface area contributed by atoms with Crippen molar-refractivity contribution >= 4 is 0 Å². The highest BCUT2D eigenvalue weighted by Crippen LogP contribution is 2.13. The predicted molar refractivity (Wildman–Crippen MR) is 40.1 cm³/mol. The molecule has 0 saturated heterocycles. The van der Waals surface area contributed by atoms with Crippen LogP contribution in [0.2, 0.25) is 0 Å². The Balaban J connectivity index is 2.28. The second-order valence-electron chi connectivity index (χ2n) is 2.39. The van der Waals surface area contributed by atoms with Crippen molar-refractivity contribution in [3.05, 3.63) is 24.3 Å². The quantitative estimate of drug-likeness (QED) is 0.591. The summed E-state index contributed by atoms with van der Waals surface area (Å²) in [5, 5.41) is 0. The monoisotopic (exact) mass is 123 g/mol. The van der Waals surface area contributed by atoms with Crippen LogP contribution in [-0.4, -0.2) is 6.54 Å². The first-order valence-corrected chi connectivity index (χ1v) is 3.47. The maximum absolute atomic E-state index is 5.40. The van der Waals surface area contributed by atoms with Crippen LogP contribution in [0.15, 0.2) is 24.3 Å². The van der Waals surface area contributed by atoms with Crippen LogP contribution in [0.3, 0.4) is 0 Å². The molecule has 9 heavy (non-hydrogen) atoms. The zero-order valence-electron chi connectivity index (χ0n) is 5.59. The highest BCUT2D eigenvalue weighted by Gasteiger charge is 2.01. The van der Waals surface area contributed by atoms with Gasteiger partial charge in [-0.3, -0.25) is 0 Å². The summed E-state index contributed by atoms with van der Waals surface area (Å²) in [6.07, 6.45) is 10.9. The Bertz CT molecular complexity index is 125. The van der Waals surface area contributed by atoms with Crippen LogP contribution in [-0.2, 0) is 0 Å². The van der Waals surface area contributed by atoms with Crippen molar-refractivity contribution in [3.63, 3.8) is 0 Å². The number of nitrogens with two attached hydrogens (primary N) is 1. The summed E-state index contributed by atoms with van der Waals surface area (Å²) >= 11 is 0. The third-order valence-electron chi connectivity index (χ3n) is 1.61. The van der Waals surface area contributed by atoms with E-state index in [-0.39, 0.29) is 0 Å². The van der Waals surface area contributed by atoms with Gasteiger partial charge in [0.2, 0.25) is 0 Å². The van der Waals surface area contributed by atoms with Gasteiger partial charge >= 0.3 is 0 Å². The predicted octanol–water partition coefficient (Wildman–Crippen LogP) is 1.47. The second kappa shape index (κ2) is 3.46. The van der Waals surface area contributed by atoms with Crippen molar-refractivity contribution in [1.82, 2.24) is 0 Å². The number of hydrogen-bond acceptors (Lipinski definition) is 1. The van der Waals surface area contributed by atoms with Crippen LogP contribution < -0.4 is 5.73 Å². The molecule has 2 N–H and O–H groups in total. The minimum Gasteiger partial charge on any atom is -0.330 e. The minimum absolute atomic E-state index is 0.708. The summed E-state index contributed by atoms with van der Waals surface area (Å²) in [5.41, 5.74) is 5.40. The van der Waals surface area contributed by atoms with E-state index in [0.29, 0.717) is 5.92 Å². The van der Waals surface area contributed by atoms with Crippen LogP contribution in [0.4, 0.5) is 0 Å². The minimum atomic E-state index is 0.708. The lowest BCUT2D eigenvalue weighted by Gasteiger charge is -2.09. The van der Waals surface area contributed by atoms with Crippen LogP contribution >= 0.6 is 0 Å². The van der Waals surface area contributed by atoms with Gasteiger partial charge in [-0.1, -0.05) is 24.3 Å². The molecule has 50 valence electrons. The molecule has 1 nitrogen and oxygen atoms in total. The van der Waals surface area contributed by atoms with Crippen LogP contribution in [0.1, 0.15) is 12.8 Å². The molecule has 1 rings (SSSR count). The molecule has 0 aromatic carbocycles. The molecule has 0 bridgehead atoms. The maximum atomic E-state index is 5.40. The van der Waals surface area contributed by atoms with Gasteiger partial charge < -0.3 is 5.73 Å². The van der Waals surface area contributed by atoms with Gasteiger partial charge in [-0.2, -0.15) is 0 Å². The SMILES string of the molecule is NCCC1C=CC=CC1. The fraction of sp³-hybridized carbons (Fsp3) is 0.500. The fourth-order valence-corrected chi connectivity index (χ4v) is 1.06. The first-order chi connectivity index (χ1) is 4.43. The van der Waals surface area contributed by atoms with Gasteiger partial charge in [-0.05, 0) is 25.3 Å². The van der Waals surface area contributed by atoms with Gasteiger partial charge in [-0.25, -0.2) is 0 Å². The Kier molecular flexibility index (Phi) is 2.52. The van der Waals surface area contributed by atoms with E-state index in [0.717, 1.165) is 13.0 Å². The molecule has 1 heteroatoms. The maximum Gasteiger partial charge on any atom is -0.00715 e. The summed E-state index contributed by atoms with van der Waals surface area (Å²) in [7, 11) is 0. The largest absolute Gasteiger partial charge is 0.330 e. The molecule has 0 aromatic heterocycles. The molecule has 0 heterocycles. The summed E-state index contributed by atoms with van der Waals surface area (Å²) in [4.78, 5) is 0. The molecule has 0 aliphatic heterocycles. The summed E-state index contributed by atoms with van der Waals surface area (Å²) < 4.78 is 0. The zero-order valence-corrected chi connectivity index (χ0v) is 5.59. The van der Waals surface area contributed by atoms with Gasteiger partial charge in [0.25, 0.3) is 0 Å². The first-order valence-electron chi connectivity index (χ1n) is 3.47. The van der Waals surface area contributed by atoms with Crippen molar-refractivity contribution < 1.29 is 0 Å². The average molecular weight is 123 g/mol. The topological polar surface area (TPSA) is 26.0 Å². The molecule has 0 amide bonds. The molecule has 1 aliphatic rings. The number of hydrogen-bond donors (Lipinski definition) is 1. The molecule has 1 unspecified atom stereocenters. The van der Waals surface area contributed by atoms with E-state index in [1.165, 1.54) is 6.42 Å². The average Bonchev–Trinajstić information content (AvgIpc) is 1.91. The lowest BCUT2D eigenvalue weighted by molar-refractivity contribution is 0.604. The lowest BCUT2D eigenvalue weighted by Crippen LogP contribution is -2.06. The highest BCUT2D eigenvalue weighted by atomic mass is 14.5. The Morgan fingerprint density at radius 1 is 1.44 bits per heavy atom. The van der Waals surface area contributed by atoms with E-state index >= 15 is 0 Å². The van der Waals surface area contributed by atoms with Crippen molar-refractivity contribution in [2.24, 2.45) is 11.7 Å². The second-order valence-corrected chi connectivity index (χ2v) is 2.39. The molecule has 0 aromatic rings. The van der Waals surface area contributed by atoms with E-state index in [9.17, 15) is 0 Å². The van der Waals surface area contributed by atoms with Crippen molar-refractivity contribution in [1.29, 1.82) is 0 Å². The van der Waals surface area contributed by atoms with Crippen molar-refractivity contribution in [2.75, 3.05) is 6.54 Å². The number of allylic oxidation sites excluding steroid dienone is 4. The van der Waals surface area contributed by atoms with E-state index in [4.69, 9.17) is 5.73 Å². The first kappa shape index (κ1) is 6.56. The molecule has 0 saturated carbocycles. The van der Waals surface area contributed by atoms with Crippen molar-refractivity contribution in [3.8, 4) is 0 Å². The summed E-state index contributed by atoms with van der Waals surface area (Å²) in [5.74, 6) is 0.708. The van der Waals surface area contributed by atoms with Crippen molar-refractivity contribution in [2.45, 2.75) is 12.8 Å². The third-order valence-corrected chi connectivity index (χ3v) is 1.61. The molecule has 0 spiro atoms. The Hall–Kier alpha value is -0.560. The molecular weight excluding hydrogens is 110 g/mol. The Labute approximate surface area is 56.2 Å². The summed E-state index contributed by atoms with van der Waals surface area (Å²) in [6, 6.07) is 0. The third kappa shape index (κ3) is 2.02. The van der Waals surface area contributed by atoms with Crippen LogP contribution in [0.5, 0.6) is 0 Å². The molecular formula is C8H13N. The normalized spacial score (nSPS) is 24.8. The fourth-order valence-electron chi connectivity index (χ4n) is 1.06. The van der Waals surface area contributed by atoms with Gasteiger partial charge in [0.1, 0.15) is 0 Å². The van der Waals surface area contributed by atoms with E-state index in [1.807, 2.05) is 0 Å². The standard InChI is InChI=1S/C8H13N/c9-7-6-8-4-2-1-3-5-8/h1-4,8H,5-7,9H2. The van der Waals surface area contributed by atoms with Gasteiger partial charge in [0.05, 0.1) is 0 Å². The summed E-state index contributed by atoms with van der Waals surface area (Å²) in [6.45, 7) is 0.808. The Morgan fingerprint density at radius 3 is 2.89 bits per heavy atom. The molecule has 1 atom stereocenters. The number of rotatable bonds is 2. The highest BCUT2D eigenvalue weighted by molar-refractivity contribution is 5.10. The molecule has 0 radical (unpaired) electrons. The zero-order chi connectivity index (χ0) is 6.53. The van der Waals surface area contributed by atoms with E-state index in [2.05, 4.69) is 24.3 Å². The molecule has 1 aliphatic carbocycles. The van der Waals surface area contributed by atoms with Gasteiger partial charge in [0.15, 0.2) is 0 Å².